The third kappa shape index (κ3) is 3.40. The normalized spacial score (nSPS) is 11.3. The molecule has 21 heavy (non-hydrogen) atoms. The van der Waals surface area contributed by atoms with Crippen LogP contribution in [-0.2, 0) is 15.6 Å². The number of carbonyl (C=O) groups is 1. The smallest absolute Gasteiger partial charge is 0.335 e. The largest absolute Gasteiger partial charge is 0.478 e. The van der Waals surface area contributed by atoms with Crippen molar-refractivity contribution >= 4 is 27.4 Å². The Balaban J connectivity index is 2.44. The lowest BCUT2D eigenvalue weighted by atomic mass is 10.2. The molecule has 0 aromatic heterocycles. The van der Waals surface area contributed by atoms with Gasteiger partial charge in [-0.05, 0) is 30.3 Å². The van der Waals surface area contributed by atoms with Crippen LogP contribution >= 0.6 is 11.6 Å². The van der Waals surface area contributed by atoms with E-state index < -0.39 is 27.4 Å². The fourth-order valence-electron chi connectivity index (χ4n) is 1.77. The fraction of sp³-hybridized carbons (Fsp3) is 0.0714. The van der Waals surface area contributed by atoms with E-state index in [-0.39, 0.29) is 21.0 Å². The van der Waals surface area contributed by atoms with Crippen LogP contribution in [0.5, 0.6) is 0 Å². The van der Waals surface area contributed by atoms with Gasteiger partial charge in [0, 0.05) is 10.6 Å². The predicted octanol–water partition coefficient (Wildman–Crippen LogP) is 3.15. The average molecular weight is 329 g/mol. The molecule has 2 aromatic carbocycles. The highest BCUT2D eigenvalue weighted by molar-refractivity contribution is 7.90. The van der Waals surface area contributed by atoms with Crippen molar-refractivity contribution in [3.63, 3.8) is 0 Å². The molecule has 0 aliphatic heterocycles. The number of halogens is 2. The molecule has 0 aliphatic carbocycles. The maximum atomic E-state index is 13.7. The number of benzene rings is 2. The second kappa shape index (κ2) is 5.83. The molecule has 0 saturated heterocycles. The van der Waals surface area contributed by atoms with Crippen molar-refractivity contribution in [1.29, 1.82) is 0 Å². The molecule has 0 spiro atoms. The summed E-state index contributed by atoms with van der Waals surface area (Å²) in [5, 5.41) is 8.88. The van der Waals surface area contributed by atoms with Gasteiger partial charge in [0.2, 0.25) is 0 Å². The number of carboxylic acids is 1. The third-order valence-corrected chi connectivity index (χ3v) is 4.83. The Hall–Kier alpha value is -1.92. The predicted molar refractivity (Wildman–Crippen MR) is 75.7 cm³/mol. The number of carboxylic acid groups (broad SMARTS) is 1. The first-order valence-electron chi connectivity index (χ1n) is 5.80. The second-order valence-electron chi connectivity index (χ2n) is 4.29. The van der Waals surface area contributed by atoms with Crippen molar-refractivity contribution < 1.29 is 22.7 Å². The monoisotopic (exact) mass is 328 g/mol. The first-order valence-corrected chi connectivity index (χ1v) is 7.83. The van der Waals surface area contributed by atoms with Crippen molar-refractivity contribution in [1.82, 2.24) is 0 Å². The van der Waals surface area contributed by atoms with Gasteiger partial charge in [0.05, 0.1) is 16.2 Å². The van der Waals surface area contributed by atoms with Crippen LogP contribution in [0, 0.1) is 5.82 Å². The Morgan fingerprint density at radius 1 is 1.19 bits per heavy atom. The van der Waals surface area contributed by atoms with Gasteiger partial charge >= 0.3 is 5.97 Å². The van der Waals surface area contributed by atoms with Crippen molar-refractivity contribution in [3.05, 3.63) is 64.4 Å². The van der Waals surface area contributed by atoms with Gasteiger partial charge in [0.1, 0.15) is 5.82 Å². The van der Waals surface area contributed by atoms with Crippen LogP contribution in [0.2, 0.25) is 5.02 Å². The van der Waals surface area contributed by atoms with Crippen molar-refractivity contribution in [3.8, 4) is 0 Å². The highest BCUT2D eigenvalue weighted by Crippen LogP contribution is 2.25. The van der Waals surface area contributed by atoms with Crippen LogP contribution in [0.4, 0.5) is 4.39 Å². The SMILES string of the molecule is O=C(O)c1cccc(S(=O)(=O)Cc2c(F)cccc2Cl)c1. The van der Waals surface area contributed by atoms with Gasteiger partial charge in [-0.15, -0.1) is 0 Å². The van der Waals surface area contributed by atoms with E-state index in [1.165, 1.54) is 30.3 Å². The van der Waals surface area contributed by atoms with E-state index in [1.54, 1.807) is 0 Å². The second-order valence-corrected chi connectivity index (χ2v) is 6.69. The molecule has 0 heterocycles. The summed E-state index contributed by atoms with van der Waals surface area (Å²) in [6.45, 7) is 0. The number of sulfone groups is 1. The van der Waals surface area contributed by atoms with E-state index in [0.29, 0.717) is 0 Å². The standard InChI is InChI=1S/C14H10ClFO4S/c15-12-5-2-6-13(16)11(12)8-21(19,20)10-4-1-3-9(7-10)14(17)18/h1-7H,8H2,(H,17,18). The Morgan fingerprint density at radius 2 is 1.86 bits per heavy atom. The molecule has 0 radical (unpaired) electrons. The molecule has 2 rings (SSSR count). The Labute approximate surface area is 125 Å². The minimum absolute atomic E-state index is 0.00737. The lowest BCUT2D eigenvalue weighted by molar-refractivity contribution is 0.0696. The van der Waals surface area contributed by atoms with Crippen LogP contribution in [0.15, 0.2) is 47.4 Å². The van der Waals surface area contributed by atoms with Gasteiger partial charge in [-0.3, -0.25) is 0 Å². The molecule has 0 bridgehead atoms. The molecule has 1 N–H and O–H groups in total. The van der Waals surface area contributed by atoms with E-state index in [1.807, 2.05) is 0 Å². The van der Waals surface area contributed by atoms with E-state index in [0.717, 1.165) is 12.1 Å². The maximum Gasteiger partial charge on any atom is 0.335 e. The minimum Gasteiger partial charge on any atom is -0.478 e. The average Bonchev–Trinajstić information content (AvgIpc) is 2.43. The van der Waals surface area contributed by atoms with Gasteiger partial charge in [0.25, 0.3) is 0 Å². The molecule has 2 aromatic rings. The van der Waals surface area contributed by atoms with E-state index in [4.69, 9.17) is 16.7 Å². The zero-order valence-corrected chi connectivity index (χ0v) is 12.2. The van der Waals surface area contributed by atoms with E-state index in [9.17, 15) is 17.6 Å². The summed E-state index contributed by atoms with van der Waals surface area (Å²) in [6, 6.07) is 8.77. The van der Waals surface area contributed by atoms with Crippen LogP contribution in [0.3, 0.4) is 0 Å². The van der Waals surface area contributed by atoms with Crippen LogP contribution in [-0.4, -0.2) is 19.5 Å². The van der Waals surface area contributed by atoms with Crippen LogP contribution in [0.1, 0.15) is 15.9 Å². The number of aromatic carboxylic acids is 1. The van der Waals surface area contributed by atoms with E-state index >= 15 is 0 Å². The van der Waals surface area contributed by atoms with Gasteiger partial charge in [-0.1, -0.05) is 23.7 Å². The van der Waals surface area contributed by atoms with Crippen molar-refractivity contribution in [2.75, 3.05) is 0 Å². The molecule has 0 fully saturated rings. The van der Waals surface area contributed by atoms with Gasteiger partial charge in [-0.25, -0.2) is 17.6 Å². The Morgan fingerprint density at radius 3 is 2.48 bits per heavy atom. The Bertz CT molecular complexity index is 782. The molecule has 0 amide bonds. The fourth-order valence-corrected chi connectivity index (χ4v) is 3.51. The zero-order valence-electron chi connectivity index (χ0n) is 10.6. The summed E-state index contributed by atoms with van der Waals surface area (Å²) in [5.74, 6) is -2.60. The van der Waals surface area contributed by atoms with Crippen molar-refractivity contribution in [2.24, 2.45) is 0 Å². The molecule has 4 nitrogen and oxygen atoms in total. The zero-order chi connectivity index (χ0) is 15.6. The minimum atomic E-state index is -3.90. The lowest BCUT2D eigenvalue weighted by Gasteiger charge is -2.08. The maximum absolute atomic E-state index is 13.7. The topological polar surface area (TPSA) is 71.4 Å². The van der Waals surface area contributed by atoms with Crippen LogP contribution in [0.25, 0.3) is 0 Å². The molecular formula is C14H10ClFO4S. The summed E-state index contributed by atoms with van der Waals surface area (Å²) >= 11 is 5.81. The first-order chi connectivity index (χ1) is 9.81. The number of hydrogen-bond acceptors (Lipinski definition) is 3. The lowest BCUT2D eigenvalue weighted by Crippen LogP contribution is -2.08. The molecule has 110 valence electrons. The molecule has 0 atom stereocenters. The molecule has 0 saturated carbocycles. The van der Waals surface area contributed by atoms with Gasteiger partial charge in [-0.2, -0.15) is 0 Å². The quantitative estimate of drug-likeness (QED) is 0.935. The molecule has 0 aliphatic rings. The third-order valence-electron chi connectivity index (χ3n) is 2.84. The van der Waals surface area contributed by atoms with Crippen LogP contribution < -0.4 is 0 Å². The van der Waals surface area contributed by atoms with Gasteiger partial charge in [0.15, 0.2) is 9.84 Å². The van der Waals surface area contributed by atoms with E-state index in [2.05, 4.69) is 0 Å². The first kappa shape index (κ1) is 15.5. The summed E-state index contributed by atoms with van der Waals surface area (Å²) < 4.78 is 38.2. The summed E-state index contributed by atoms with van der Waals surface area (Å²) in [6.07, 6.45) is 0. The van der Waals surface area contributed by atoms with Gasteiger partial charge < -0.3 is 5.11 Å². The number of hydrogen-bond donors (Lipinski definition) is 1. The molecule has 0 unspecified atom stereocenters. The molecular weight excluding hydrogens is 319 g/mol. The number of rotatable bonds is 4. The summed E-state index contributed by atoms with van der Waals surface area (Å²) in [7, 11) is -3.90. The molecule has 7 heteroatoms. The summed E-state index contributed by atoms with van der Waals surface area (Å²) in [4.78, 5) is 10.7. The summed E-state index contributed by atoms with van der Waals surface area (Å²) in [5.41, 5.74) is -0.296. The van der Waals surface area contributed by atoms with Crippen molar-refractivity contribution in [2.45, 2.75) is 10.6 Å². The highest BCUT2D eigenvalue weighted by Gasteiger charge is 2.20. The Kier molecular flexibility index (Phi) is 4.29. The highest BCUT2D eigenvalue weighted by atomic mass is 35.5.